The second kappa shape index (κ2) is 11.1. The maximum Gasteiger partial charge on any atom is 0.132 e. The van der Waals surface area contributed by atoms with Crippen LogP contribution in [0.2, 0.25) is 0 Å². The van der Waals surface area contributed by atoms with Gasteiger partial charge in [0, 0.05) is 11.1 Å². The molecule has 1 heteroatoms. The van der Waals surface area contributed by atoms with E-state index in [1.165, 1.54) is 111 Å². The fourth-order valence-corrected chi connectivity index (χ4v) is 11.9. The molecule has 1 nitrogen and oxygen atoms in total. The van der Waals surface area contributed by atoms with Crippen LogP contribution in [0.1, 0.15) is 44.5 Å². The summed E-state index contributed by atoms with van der Waals surface area (Å²) in [5.41, 5.74) is 19.6. The molecule has 1 aliphatic heterocycles. The van der Waals surface area contributed by atoms with Gasteiger partial charge in [-0.3, -0.25) is 0 Å². The van der Waals surface area contributed by atoms with Crippen LogP contribution in [-0.4, -0.2) is 0 Å². The summed E-state index contributed by atoms with van der Waals surface area (Å²) in [5.74, 6) is 1.82. The van der Waals surface area contributed by atoms with Crippen LogP contribution in [-0.2, 0) is 10.8 Å². The van der Waals surface area contributed by atoms with Crippen molar-refractivity contribution in [2.75, 3.05) is 0 Å². The SMILES string of the molecule is c1ccc2c(c1)-c1ccccc1C21c2cc(-c3cccc4c3-c3ccccc3C43c4ccccc4-c4cc5ccccc5cc43)ccc2Oc2cc3ccccc3cc21. The monoisotopic (exact) mass is 746 g/mol. The van der Waals surface area contributed by atoms with Gasteiger partial charge in [-0.25, -0.2) is 0 Å². The highest BCUT2D eigenvalue weighted by Gasteiger charge is 2.54. The van der Waals surface area contributed by atoms with Crippen molar-refractivity contribution in [3.63, 3.8) is 0 Å². The van der Waals surface area contributed by atoms with Crippen LogP contribution in [0.5, 0.6) is 11.5 Å². The number of hydrogen-bond donors (Lipinski definition) is 0. The maximum absolute atomic E-state index is 7.03. The quantitative estimate of drug-likeness (QED) is 0.163. The van der Waals surface area contributed by atoms with Crippen LogP contribution in [0, 0.1) is 0 Å². The van der Waals surface area contributed by atoms with Crippen molar-refractivity contribution in [3.05, 3.63) is 251 Å². The Bertz CT molecular complexity index is 3450. The number of hydrogen-bond acceptors (Lipinski definition) is 1. The fraction of sp³-hybridized carbons (Fsp3) is 0.0345. The van der Waals surface area contributed by atoms with E-state index in [1.807, 2.05) is 0 Å². The van der Waals surface area contributed by atoms with Crippen molar-refractivity contribution in [1.29, 1.82) is 0 Å². The molecule has 1 unspecified atom stereocenters. The molecule has 1 heterocycles. The van der Waals surface area contributed by atoms with Gasteiger partial charge in [0.1, 0.15) is 11.5 Å². The first kappa shape index (κ1) is 31.6. The molecule has 1 atom stereocenters. The minimum Gasteiger partial charge on any atom is -0.457 e. The van der Waals surface area contributed by atoms with Crippen molar-refractivity contribution in [1.82, 2.24) is 0 Å². The Morgan fingerprint density at radius 2 is 0.695 bits per heavy atom. The van der Waals surface area contributed by atoms with E-state index < -0.39 is 10.8 Å². The molecule has 272 valence electrons. The van der Waals surface area contributed by atoms with Gasteiger partial charge in [0.15, 0.2) is 0 Å². The summed E-state index contributed by atoms with van der Waals surface area (Å²) in [7, 11) is 0. The molecule has 0 bridgehead atoms. The molecular weight excluding hydrogens is 713 g/mol. The summed E-state index contributed by atoms with van der Waals surface area (Å²) in [6, 6.07) is 77.3. The number of fused-ring (bicyclic) bond motifs is 21. The minimum absolute atomic E-state index is 0.445. The lowest BCUT2D eigenvalue weighted by Crippen LogP contribution is -2.32. The highest BCUT2D eigenvalue weighted by atomic mass is 16.5. The molecule has 0 aromatic heterocycles. The Labute approximate surface area is 342 Å². The Morgan fingerprint density at radius 3 is 1.34 bits per heavy atom. The summed E-state index contributed by atoms with van der Waals surface area (Å²) in [6.45, 7) is 0. The van der Waals surface area contributed by atoms with Crippen LogP contribution in [0.4, 0.5) is 0 Å². The Morgan fingerprint density at radius 1 is 0.254 bits per heavy atom. The Balaban J connectivity index is 1.07. The Kier molecular flexibility index (Phi) is 5.96. The van der Waals surface area contributed by atoms with E-state index in [-0.39, 0.29) is 0 Å². The molecule has 2 spiro atoms. The fourth-order valence-electron chi connectivity index (χ4n) is 11.9. The van der Waals surface area contributed by atoms with E-state index >= 15 is 0 Å². The van der Waals surface area contributed by atoms with Crippen LogP contribution in [0.25, 0.3) is 66.1 Å². The molecule has 0 amide bonds. The zero-order chi connectivity index (χ0) is 38.5. The molecule has 10 aromatic carbocycles. The van der Waals surface area contributed by atoms with Gasteiger partial charge in [0.2, 0.25) is 0 Å². The molecule has 0 radical (unpaired) electrons. The molecule has 14 rings (SSSR count). The molecule has 10 aromatic rings. The van der Waals surface area contributed by atoms with E-state index in [0.29, 0.717) is 0 Å². The Hall–Kier alpha value is -7.48. The summed E-state index contributed by atoms with van der Waals surface area (Å²) in [4.78, 5) is 0. The van der Waals surface area contributed by atoms with Gasteiger partial charge in [0.25, 0.3) is 0 Å². The second-order valence-corrected chi connectivity index (χ2v) is 16.7. The number of rotatable bonds is 1. The molecule has 3 aliphatic carbocycles. The van der Waals surface area contributed by atoms with E-state index in [2.05, 4.69) is 206 Å². The van der Waals surface area contributed by atoms with Crippen molar-refractivity contribution >= 4 is 21.5 Å². The number of benzene rings is 10. The first-order valence-corrected chi connectivity index (χ1v) is 20.7. The van der Waals surface area contributed by atoms with Crippen molar-refractivity contribution in [3.8, 4) is 56.0 Å². The van der Waals surface area contributed by atoms with Gasteiger partial charge >= 0.3 is 0 Å². The van der Waals surface area contributed by atoms with Gasteiger partial charge < -0.3 is 4.74 Å². The topological polar surface area (TPSA) is 9.23 Å². The van der Waals surface area contributed by atoms with Gasteiger partial charge in [-0.15, -0.1) is 0 Å². The van der Waals surface area contributed by atoms with E-state index in [4.69, 9.17) is 4.74 Å². The molecule has 4 aliphatic rings. The molecule has 0 fully saturated rings. The van der Waals surface area contributed by atoms with Crippen molar-refractivity contribution < 1.29 is 4.74 Å². The predicted octanol–water partition coefficient (Wildman–Crippen LogP) is 14.5. The van der Waals surface area contributed by atoms with Crippen LogP contribution in [0.15, 0.2) is 206 Å². The summed E-state index contributed by atoms with van der Waals surface area (Å²) in [5, 5.41) is 4.93. The largest absolute Gasteiger partial charge is 0.457 e. The lowest BCUT2D eigenvalue weighted by molar-refractivity contribution is 0.437. The third-order valence-corrected chi connectivity index (χ3v) is 14.1. The summed E-state index contributed by atoms with van der Waals surface area (Å²) in [6.07, 6.45) is 0. The van der Waals surface area contributed by atoms with Crippen molar-refractivity contribution in [2.24, 2.45) is 0 Å². The minimum atomic E-state index is -0.572. The second-order valence-electron chi connectivity index (χ2n) is 16.7. The smallest absolute Gasteiger partial charge is 0.132 e. The summed E-state index contributed by atoms with van der Waals surface area (Å²) >= 11 is 0. The first-order chi connectivity index (χ1) is 29.2. The molecular formula is C58H34O. The van der Waals surface area contributed by atoms with Crippen LogP contribution < -0.4 is 4.74 Å². The highest BCUT2D eigenvalue weighted by molar-refractivity contribution is 6.03. The molecule has 0 N–H and O–H groups in total. The van der Waals surface area contributed by atoms with Crippen LogP contribution in [0.3, 0.4) is 0 Å². The predicted molar refractivity (Wildman–Crippen MR) is 241 cm³/mol. The van der Waals surface area contributed by atoms with Gasteiger partial charge in [0.05, 0.1) is 10.8 Å². The lowest BCUT2D eigenvalue weighted by Gasteiger charge is -2.40. The average molecular weight is 747 g/mol. The molecule has 59 heavy (non-hydrogen) atoms. The molecule has 0 saturated carbocycles. The maximum atomic E-state index is 7.03. The first-order valence-electron chi connectivity index (χ1n) is 20.7. The third-order valence-electron chi connectivity index (χ3n) is 14.1. The number of ether oxygens (including phenoxy) is 1. The van der Waals surface area contributed by atoms with Gasteiger partial charge in [-0.1, -0.05) is 170 Å². The standard InChI is InChI=1S/C58H34O/c1-2-15-36-31-51-45(30-35(36)14-1)43-20-7-11-25-48(43)57(51)49-26-12-8-21-44(49)56-40(22-13-27-50(56)57)39-28-29-54-52(33-39)58(53-32-37-16-3-4-17-38(37)34-55(53)59-54)46-23-9-5-18-41(46)42-19-6-10-24-47(42)58/h1-34H. The molecule has 0 saturated heterocycles. The highest BCUT2D eigenvalue weighted by Crippen LogP contribution is 2.66. The van der Waals surface area contributed by atoms with Crippen molar-refractivity contribution in [2.45, 2.75) is 10.8 Å². The van der Waals surface area contributed by atoms with E-state index in [9.17, 15) is 0 Å². The zero-order valence-electron chi connectivity index (χ0n) is 32.0. The summed E-state index contributed by atoms with van der Waals surface area (Å²) < 4.78 is 7.03. The normalized spacial score (nSPS) is 16.5. The van der Waals surface area contributed by atoms with E-state index in [1.54, 1.807) is 0 Å². The van der Waals surface area contributed by atoms with Gasteiger partial charge in [-0.2, -0.15) is 0 Å². The lowest BCUT2D eigenvalue weighted by atomic mass is 9.65. The van der Waals surface area contributed by atoms with Gasteiger partial charge in [-0.05, 0) is 136 Å². The third kappa shape index (κ3) is 3.77. The zero-order valence-corrected chi connectivity index (χ0v) is 32.0. The van der Waals surface area contributed by atoms with E-state index in [0.717, 1.165) is 11.5 Å². The van der Waals surface area contributed by atoms with Crippen LogP contribution >= 0.6 is 0 Å². The average Bonchev–Trinajstić information content (AvgIpc) is 3.88.